The van der Waals surface area contributed by atoms with Crippen molar-refractivity contribution < 1.29 is 9.47 Å². The van der Waals surface area contributed by atoms with Crippen molar-refractivity contribution in [2.24, 2.45) is 0 Å². The minimum absolute atomic E-state index is 0.00731. The van der Waals surface area contributed by atoms with E-state index in [0.717, 1.165) is 6.54 Å². The van der Waals surface area contributed by atoms with Gasteiger partial charge >= 0.3 is 0 Å². The van der Waals surface area contributed by atoms with Crippen LogP contribution in [0.25, 0.3) is 0 Å². The van der Waals surface area contributed by atoms with Crippen LogP contribution >= 0.6 is 0 Å². The molecule has 0 aliphatic heterocycles. The monoisotopic (exact) mass is 262 g/mol. The van der Waals surface area contributed by atoms with Gasteiger partial charge in [-0.25, -0.2) is 0 Å². The molecule has 0 aliphatic rings. The fourth-order valence-corrected chi connectivity index (χ4v) is 1.50. The van der Waals surface area contributed by atoms with Crippen molar-refractivity contribution in [3.05, 3.63) is 24.5 Å². The van der Waals surface area contributed by atoms with Gasteiger partial charge in [-0.15, -0.1) is 0 Å². The largest absolute Gasteiger partial charge is 0.473 e. The van der Waals surface area contributed by atoms with E-state index in [2.05, 4.69) is 10.1 Å². The minimum atomic E-state index is 0.00731. The third-order valence-corrected chi connectivity index (χ3v) is 2.37. The number of anilines is 1. The van der Waals surface area contributed by atoms with Crippen LogP contribution in [-0.4, -0.2) is 20.9 Å². The highest BCUT2D eigenvalue weighted by Crippen LogP contribution is 2.26. The highest BCUT2D eigenvalue weighted by molar-refractivity contribution is 5.49. The van der Waals surface area contributed by atoms with E-state index in [9.17, 15) is 0 Å². The van der Waals surface area contributed by atoms with Gasteiger partial charge in [-0.3, -0.25) is 4.68 Å². The van der Waals surface area contributed by atoms with Crippen LogP contribution in [0.4, 0.5) is 5.69 Å². The highest BCUT2D eigenvalue weighted by atomic mass is 16.5. The molecule has 102 valence electrons. The van der Waals surface area contributed by atoms with Gasteiger partial charge in [0.05, 0.1) is 24.2 Å². The van der Waals surface area contributed by atoms with Gasteiger partial charge in [0, 0.05) is 12.6 Å². The number of nitrogens with zero attached hydrogens (tertiary/aromatic N) is 3. The Bertz CT molecular complexity index is 551. The van der Waals surface area contributed by atoms with E-state index in [1.165, 1.54) is 0 Å². The number of hydrogen-bond donors (Lipinski definition) is 1. The van der Waals surface area contributed by atoms with Crippen LogP contribution in [0.2, 0.25) is 0 Å². The first-order valence-electron chi connectivity index (χ1n) is 6.22. The van der Waals surface area contributed by atoms with Crippen molar-refractivity contribution >= 4 is 5.69 Å². The number of nitrogens with two attached hydrogens (primary N) is 1. The number of aryl methyl sites for hydroxylation is 1. The van der Waals surface area contributed by atoms with Crippen LogP contribution in [0, 0.1) is 0 Å². The van der Waals surface area contributed by atoms with E-state index in [1.54, 1.807) is 29.2 Å². The minimum Gasteiger partial charge on any atom is -0.473 e. The van der Waals surface area contributed by atoms with Gasteiger partial charge in [0.1, 0.15) is 0 Å². The first-order valence-corrected chi connectivity index (χ1v) is 6.22. The third-order valence-electron chi connectivity index (χ3n) is 2.37. The molecule has 0 fully saturated rings. The molecule has 0 bridgehead atoms. The molecule has 0 atom stereocenters. The van der Waals surface area contributed by atoms with E-state index >= 15 is 0 Å². The Morgan fingerprint density at radius 3 is 2.79 bits per heavy atom. The molecule has 0 saturated carbocycles. The van der Waals surface area contributed by atoms with Crippen molar-refractivity contribution in [3.8, 4) is 17.5 Å². The molecule has 2 rings (SSSR count). The summed E-state index contributed by atoms with van der Waals surface area (Å²) < 4.78 is 12.9. The maximum absolute atomic E-state index is 5.80. The summed E-state index contributed by atoms with van der Waals surface area (Å²) in [6.45, 7) is 6.63. The Kier molecular flexibility index (Phi) is 3.89. The molecule has 2 N–H and O–H groups in total. The number of hydrogen-bond acceptors (Lipinski definition) is 5. The second-order valence-corrected chi connectivity index (χ2v) is 4.34. The lowest BCUT2D eigenvalue weighted by Crippen LogP contribution is -2.09. The Morgan fingerprint density at radius 1 is 1.37 bits per heavy atom. The topological polar surface area (TPSA) is 75.2 Å². The molecule has 0 spiro atoms. The van der Waals surface area contributed by atoms with Gasteiger partial charge in [-0.1, -0.05) is 0 Å². The van der Waals surface area contributed by atoms with Crippen LogP contribution in [0.1, 0.15) is 20.8 Å². The van der Waals surface area contributed by atoms with Crippen molar-refractivity contribution in [2.45, 2.75) is 33.4 Å². The van der Waals surface area contributed by atoms with E-state index in [0.29, 0.717) is 23.2 Å². The number of ether oxygens (including phenoxy) is 2. The Morgan fingerprint density at radius 2 is 2.16 bits per heavy atom. The van der Waals surface area contributed by atoms with Gasteiger partial charge in [0.25, 0.3) is 0 Å². The average molecular weight is 262 g/mol. The van der Waals surface area contributed by atoms with Gasteiger partial charge in [-0.2, -0.15) is 10.1 Å². The summed E-state index contributed by atoms with van der Waals surface area (Å²) in [5.74, 6) is 1.45. The molecular formula is C13H18N4O2. The Balaban J connectivity index is 2.16. The molecule has 2 aromatic rings. The fourth-order valence-electron chi connectivity index (χ4n) is 1.50. The molecule has 0 unspecified atom stereocenters. The lowest BCUT2D eigenvalue weighted by molar-refractivity contribution is 0.232. The molecule has 19 heavy (non-hydrogen) atoms. The normalized spacial score (nSPS) is 10.7. The van der Waals surface area contributed by atoms with Crippen LogP contribution in [0.5, 0.6) is 17.5 Å². The summed E-state index contributed by atoms with van der Waals surface area (Å²) in [5.41, 5.74) is 6.29. The molecule has 6 nitrogen and oxygen atoms in total. The molecule has 6 heteroatoms. The van der Waals surface area contributed by atoms with E-state index in [-0.39, 0.29) is 6.10 Å². The van der Waals surface area contributed by atoms with Crippen molar-refractivity contribution in [3.63, 3.8) is 0 Å². The molecule has 0 amide bonds. The van der Waals surface area contributed by atoms with Gasteiger partial charge in [0.15, 0.2) is 5.75 Å². The summed E-state index contributed by atoms with van der Waals surface area (Å²) >= 11 is 0. The Hall–Kier alpha value is -2.24. The quantitative estimate of drug-likeness (QED) is 0.895. The zero-order chi connectivity index (χ0) is 13.8. The SMILES string of the molecule is CCn1cc(Oc2ccc(N)c(OC(C)C)n2)cn1. The molecule has 0 saturated heterocycles. The maximum atomic E-state index is 5.80. The van der Waals surface area contributed by atoms with Gasteiger partial charge in [0.2, 0.25) is 11.8 Å². The smallest absolute Gasteiger partial charge is 0.240 e. The van der Waals surface area contributed by atoms with E-state index < -0.39 is 0 Å². The average Bonchev–Trinajstić information content (AvgIpc) is 2.80. The molecule has 0 radical (unpaired) electrons. The molecule has 0 aliphatic carbocycles. The molecule has 2 heterocycles. The summed E-state index contributed by atoms with van der Waals surface area (Å²) in [6.07, 6.45) is 3.46. The number of nitrogen functional groups attached to an aromatic ring is 1. The summed E-state index contributed by atoms with van der Waals surface area (Å²) in [7, 11) is 0. The van der Waals surface area contributed by atoms with Crippen LogP contribution in [-0.2, 0) is 6.54 Å². The van der Waals surface area contributed by atoms with Crippen molar-refractivity contribution in [1.29, 1.82) is 0 Å². The first kappa shape index (κ1) is 13.2. The second kappa shape index (κ2) is 5.60. The van der Waals surface area contributed by atoms with Crippen molar-refractivity contribution in [1.82, 2.24) is 14.8 Å². The van der Waals surface area contributed by atoms with E-state index in [4.69, 9.17) is 15.2 Å². The third kappa shape index (κ3) is 3.37. The fraction of sp³-hybridized carbons (Fsp3) is 0.385. The zero-order valence-electron chi connectivity index (χ0n) is 11.3. The van der Waals surface area contributed by atoms with Crippen LogP contribution < -0.4 is 15.2 Å². The van der Waals surface area contributed by atoms with Crippen LogP contribution in [0.15, 0.2) is 24.5 Å². The Labute approximate surface area is 112 Å². The summed E-state index contributed by atoms with van der Waals surface area (Å²) in [6, 6.07) is 3.41. The van der Waals surface area contributed by atoms with Gasteiger partial charge < -0.3 is 15.2 Å². The first-order chi connectivity index (χ1) is 9.08. The number of pyridine rings is 1. The van der Waals surface area contributed by atoms with Crippen molar-refractivity contribution in [2.75, 3.05) is 5.73 Å². The molecular weight excluding hydrogens is 244 g/mol. The standard InChI is InChI=1S/C13H18N4O2/c1-4-17-8-10(7-15-17)19-12-6-5-11(14)13(16-12)18-9(2)3/h5-9H,4,14H2,1-3H3. The second-order valence-electron chi connectivity index (χ2n) is 4.34. The van der Waals surface area contributed by atoms with Gasteiger partial charge in [-0.05, 0) is 26.8 Å². The maximum Gasteiger partial charge on any atom is 0.240 e. The van der Waals surface area contributed by atoms with Crippen LogP contribution in [0.3, 0.4) is 0 Å². The highest BCUT2D eigenvalue weighted by Gasteiger charge is 2.08. The summed E-state index contributed by atoms with van der Waals surface area (Å²) in [4.78, 5) is 4.24. The zero-order valence-corrected chi connectivity index (χ0v) is 11.3. The van der Waals surface area contributed by atoms with E-state index in [1.807, 2.05) is 20.8 Å². The predicted octanol–water partition coefficient (Wildman–Crippen LogP) is 2.46. The molecule has 2 aromatic heterocycles. The summed E-state index contributed by atoms with van der Waals surface area (Å²) in [5, 5.41) is 4.13. The number of rotatable bonds is 5. The lowest BCUT2D eigenvalue weighted by atomic mass is 10.4. The predicted molar refractivity (Wildman–Crippen MR) is 72.4 cm³/mol. The lowest BCUT2D eigenvalue weighted by Gasteiger charge is -2.11. The molecule has 0 aromatic carbocycles. The number of aromatic nitrogens is 3.